The monoisotopic (exact) mass is 410 g/mol. The number of aryl methyl sites for hydroxylation is 2. The number of benzene rings is 2. The van der Waals surface area contributed by atoms with Gasteiger partial charge in [-0.05, 0) is 49.2 Å². The summed E-state index contributed by atoms with van der Waals surface area (Å²) in [7, 11) is 0. The summed E-state index contributed by atoms with van der Waals surface area (Å²) in [6.45, 7) is 5.93. The largest absolute Gasteiger partial charge is 0.451 e. The molecule has 1 fully saturated rings. The molecule has 0 aliphatic carbocycles. The normalized spacial score (nSPS) is 14.4. The number of halogens is 1. The molecule has 0 saturated carbocycles. The quantitative estimate of drug-likeness (QED) is 0.636. The molecule has 2 heterocycles. The summed E-state index contributed by atoms with van der Waals surface area (Å²) in [4.78, 5) is 29.3. The maximum Gasteiger partial charge on any atom is 0.290 e. The molecule has 4 rings (SSSR count). The zero-order chi connectivity index (χ0) is 20.5. The fourth-order valence-corrected chi connectivity index (χ4v) is 3.89. The third kappa shape index (κ3) is 3.75. The van der Waals surface area contributed by atoms with Gasteiger partial charge in [0, 0.05) is 47.7 Å². The molecule has 0 bridgehead atoms. The highest BCUT2D eigenvalue weighted by molar-refractivity contribution is 6.31. The number of hydrogen-bond donors (Lipinski definition) is 0. The van der Waals surface area contributed by atoms with E-state index >= 15 is 0 Å². The number of piperazine rings is 1. The van der Waals surface area contributed by atoms with Crippen LogP contribution >= 0.6 is 11.6 Å². The van der Waals surface area contributed by atoms with Gasteiger partial charge < -0.3 is 14.2 Å². The average molecular weight is 411 g/mol. The van der Waals surface area contributed by atoms with E-state index in [1.165, 1.54) is 5.56 Å². The van der Waals surface area contributed by atoms with E-state index in [4.69, 9.17) is 16.0 Å². The van der Waals surface area contributed by atoms with Crippen LogP contribution in [0.4, 0.5) is 0 Å². The lowest BCUT2D eigenvalue weighted by atomic mass is 10.1. The summed E-state index contributed by atoms with van der Waals surface area (Å²) in [5, 5.41) is 1.46. The molecule has 0 radical (unpaired) electrons. The van der Waals surface area contributed by atoms with Crippen molar-refractivity contribution in [3.8, 4) is 0 Å². The first-order valence-electron chi connectivity index (χ1n) is 9.84. The highest BCUT2D eigenvalue weighted by Gasteiger charge is 2.28. The molecule has 1 aliphatic rings. The van der Waals surface area contributed by atoms with Crippen molar-refractivity contribution in [3.63, 3.8) is 0 Å². The first kappa shape index (κ1) is 19.5. The van der Waals surface area contributed by atoms with Crippen LogP contribution in [0.3, 0.4) is 0 Å². The first-order chi connectivity index (χ1) is 14.0. The molecule has 3 aromatic rings. The van der Waals surface area contributed by atoms with E-state index in [1.54, 1.807) is 21.9 Å². The number of rotatable bonds is 3. The number of carbonyl (C=O) groups is 2. The summed E-state index contributed by atoms with van der Waals surface area (Å²) in [5.41, 5.74) is 3.34. The van der Waals surface area contributed by atoms with E-state index in [9.17, 15) is 9.59 Å². The molecule has 29 heavy (non-hydrogen) atoms. The van der Waals surface area contributed by atoms with Crippen LogP contribution in [0.5, 0.6) is 0 Å². The molecular weight excluding hydrogens is 388 g/mol. The van der Waals surface area contributed by atoms with Crippen LogP contribution in [0, 0.1) is 6.92 Å². The van der Waals surface area contributed by atoms with Crippen LogP contribution in [0.2, 0.25) is 5.02 Å². The Morgan fingerprint density at radius 1 is 0.966 bits per heavy atom. The zero-order valence-corrected chi connectivity index (χ0v) is 17.3. The number of hydrogen-bond acceptors (Lipinski definition) is 3. The highest BCUT2D eigenvalue weighted by Crippen LogP contribution is 2.29. The topological polar surface area (TPSA) is 53.8 Å². The standard InChI is InChI=1S/C23H23ClN2O3/c1-3-16-4-6-17(7-5-16)22(27)25-10-12-26(13-11-25)23(28)21-15(2)19-14-18(24)8-9-20(19)29-21/h4-9,14H,3,10-13H2,1-2H3. The number of furan rings is 1. The Hall–Kier alpha value is -2.79. The molecule has 2 amide bonds. The molecule has 2 aromatic carbocycles. The fraction of sp³-hybridized carbons (Fsp3) is 0.304. The summed E-state index contributed by atoms with van der Waals surface area (Å²) < 4.78 is 5.80. The van der Waals surface area contributed by atoms with Gasteiger partial charge in [0.2, 0.25) is 0 Å². The molecule has 1 aromatic heterocycles. The average Bonchev–Trinajstić information content (AvgIpc) is 3.08. The fourth-order valence-electron chi connectivity index (χ4n) is 3.72. The van der Waals surface area contributed by atoms with E-state index in [0.29, 0.717) is 48.1 Å². The SMILES string of the molecule is CCc1ccc(C(=O)N2CCN(C(=O)c3oc4ccc(Cl)cc4c3C)CC2)cc1. The van der Waals surface area contributed by atoms with Gasteiger partial charge in [-0.3, -0.25) is 9.59 Å². The van der Waals surface area contributed by atoms with Gasteiger partial charge in [0.05, 0.1) is 0 Å². The molecule has 0 atom stereocenters. The van der Waals surface area contributed by atoms with Crippen molar-refractivity contribution in [2.45, 2.75) is 20.3 Å². The van der Waals surface area contributed by atoms with Gasteiger partial charge in [-0.1, -0.05) is 30.7 Å². The van der Waals surface area contributed by atoms with Gasteiger partial charge in [0.15, 0.2) is 5.76 Å². The van der Waals surface area contributed by atoms with E-state index in [2.05, 4.69) is 6.92 Å². The van der Waals surface area contributed by atoms with Crippen molar-refractivity contribution in [2.24, 2.45) is 0 Å². The Kier molecular flexibility index (Phi) is 5.33. The van der Waals surface area contributed by atoms with E-state index in [-0.39, 0.29) is 11.8 Å². The van der Waals surface area contributed by atoms with Crippen LogP contribution in [-0.2, 0) is 6.42 Å². The minimum atomic E-state index is -0.144. The highest BCUT2D eigenvalue weighted by atomic mass is 35.5. The van der Waals surface area contributed by atoms with Crippen molar-refractivity contribution in [1.29, 1.82) is 0 Å². The lowest BCUT2D eigenvalue weighted by Gasteiger charge is -2.34. The smallest absolute Gasteiger partial charge is 0.290 e. The van der Waals surface area contributed by atoms with Gasteiger partial charge in [-0.2, -0.15) is 0 Å². The molecule has 1 saturated heterocycles. The third-order valence-electron chi connectivity index (χ3n) is 5.56. The number of fused-ring (bicyclic) bond motifs is 1. The Morgan fingerprint density at radius 3 is 2.21 bits per heavy atom. The maximum absolute atomic E-state index is 13.0. The molecular formula is C23H23ClN2O3. The summed E-state index contributed by atoms with van der Waals surface area (Å²) >= 11 is 6.07. The Bertz CT molecular complexity index is 1060. The molecule has 0 unspecified atom stereocenters. The summed E-state index contributed by atoms with van der Waals surface area (Å²) in [6, 6.07) is 13.1. The van der Waals surface area contributed by atoms with Gasteiger partial charge in [-0.15, -0.1) is 0 Å². The van der Waals surface area contributed by atoms with Gasteiger partial charge >= 0.3 is 0 Å². The van der Waals surface area contributed by atoms with E-state index in [0.717, 1.165) is 17.4 Å². The van der Waals surface area contributed by atoms with Crippen LogP contribution in [-0.4, -0.2) is 47.8 Å². The lowest BCUT2D eigenvalue weighted by Crippen LogP contribution is -2.50. The Morgan fingerprint density at radius 2 is 1.59 bits per heavy atom. The van der Waals surface area contributed by atoms with Crippen LogP contribution < -0.4 is 0 Å². The second-order valence-corrected chi connectivity index (χ2v) is 7.77. The van der Waals surface area contributed by atoms with Crippen molar-refractivity contribution in [1.82, 2.24) is 9.80 Å². The van der Waals surface area contributed by atoms with Crippen LogP contribution in [0.25, 0.3) is 11.0 Å². The second-order valence-electron chi connectivity index (χ2n) is 7.33. The molecule has 1 aliphatic heterocycles. The molecule has 0 spiro atoms. The number of carbonyl (C=O) groups excluding carboxylic acids is 2. The van der Waals surface area contributed by atoms with Crippen LogP contribution in [0.1, 0.15) is 39.0 Å². The van der Waals surface area contributed by atoms with Crippen molar-refractivity contribution >= 4 is 34.4 Å². The zero-order valence-electron chi connectivity index (χ0n) is 16.6. The van der Waals surface area contributed by atoms with E-state index < -0.39 is 0 Å². The predicted molar refractivity (Wildman–Crippen MR) is 114 cm³/mol. The summed E-state index contributed by atoms with van der Waals surface area (Å²) in [5.74, 6) is 0.209. The van der Waals surface area contributed by atoms with E-state index in [1.807, 2.05) is 37.3 Å². The van der Waals surface area contributed by atoms with Crippen molar-refractivity contribution < 1.29 is 14.0 Å². The minimum Gasteiger partial charge on any atom is -0.451 e. The molecule has 5 nitrogen and oxygen atoms in total. The van der Waals surface area contributed by atoms with Gasteiger partial charge in [0.25, 0.3) is 11.8 Å². The molecule has 6 heteroatoms. The Labute approximate surface area is 174 Å². The van der Waals surface area contributed by atoms with Gasteiger partial charge in [0.1, 0.15) is 5.58 Å². The van der Waals surface area contributed by atoms with Gasteiger partial charge in [-0.25, -0.2) is 0 Å². The first-order valence-corrected chi connectivity index (χ1v) is 10.2. The number of nitrogens with zero attached hydrogens (tertiary/aromatic N) is 2. The minimum absolute atomic E-state index is 0.00862. The predicted octanol–water partition coefficient (Wildman–Crippen LogP) is 4.56. The lowest BCUT2D eigenvalue weighted by molar-refractivity contribution is 0.0519. The van der Waals surface area contributed by atoms with Crippen LogP contribution in [0.15, 0.2) is 46.9 Å². The van der Waals surface area contributed by atoms with Crippen molar-refractivity contribution in [3.05, 3.63) is 69.9 Å². The third-order valence-corrected chi connectivity index (χ3v) is 5.79. The van der Waals surface area contributed by atoms with Crippen molar-refractivity contribution in [2.75, 3.05) is 26.2 Å². The maximum atomic E-state index is 13.0. The Balaban J connectivity index is 1.44. The second kappa shape index (κ2) is 7.91. The summed E-state index contributed by atoms with van der Waals surface area (Å²) in [6.07, 6.45) is 0.947. The molecule has 150 valence electrons. The molecule has 0 N–H and O–H groups in total. The number of amides is 2.